The van der Waals surface area contributed by atoms with E-state index in [9.17, 15) is 8.78 Å². The maximum Gasteiger partial charge on any atom is 0.137 e. The van der Waals surface area contributed by atoms with Gasteiger partial charge >= 0.3 is 0 Å². The van der Waals surface area contributed by atoms with Gasteiger partial charge in [-0.1, -0.05) is 172 Å². The average Bonchev–Trinajstić information content (AvgIpc) is 4.09. The number of hydrogen-bond acceptors (Lipinski definition) is 4. The van der Waals surface area contributed by atoms with Crippen LogP contribution in [0, 0.1) is 11.6 Å². The molecule has 0 amide bonds. The molecule has 0 fully saturated rings. The molecule has 0 atom stereocenters. The van der Waals surface area contributed by atoms with E-state index < -0.39 is 0 Å². The van der Waals surface area contributed by atoms with Crippen molar-refractivity contribution in [2.75, 3.05) is 16.5 Å². The fraction of sp³-hybridized carbons (Fsp3) is 0.0714. The number of ether oxygens (including phenoxy) is 1. The first-order valence-corrected chi connectivity index (χ1v) is 26.0. The Hall–Kier alpha value is -9.59. The fourth-order valence-corrected chi connectivity index (χ4v) is 11.1. The zero-order valence-corrected chi connectivity index (χ0v) is 42.8. The molecule has 3 heterocycles. The van der Waals surface area contributed by atoms with Gasteiger partial charge in [0.2, 0.25) is 0 Å². The first-order chi connectivity index (χ1) is 37.6. The SMILES string of the molecule is CC(C)(C)c1ccnc(-n2c3ccccc3c3ccc(Oc4cc(-c5c(-c6ccccc6)cccc5-c5ccccc5)cc(N5CN(c6c(-c7ccc(F)cc7)cccc6-c6ccc(F)cc6)c6ccccc65)c4)cc32)c1. The van der Waals surface area contributed by atoms with Gasteiger partial charge in [0, 0.05) is 45.9 Å². The monoisotopic (exact) mass is 1000 g/mol. The summed E-state index contributed by atoms with van der Waals surface area (Å²) in [5, 5.41) is 2.23. The molecular formula is C70H52F2N4O. The highest BCUT2D eigenvalue weighted by Gasteiger charge is 2.32. The van der Waals surface area contributed by atoms with Crippen molar-refractivity contribution in [3.8, 4) is 73.0 Å². The van der Waals surface area contributed by atoms with Crippen molar-refractivity contribution in [2.45, 2.75) is 26.2 Å². The van der Waals surface area contributed by atoms with E-state index in [0.717, 1.165) is 106 Å². The minimum atomic E-state index is -0.310. The van der Waals surface area contributed by atoms with E-state index in [0.29, 0.717) is 18.2 Å². The molecule has 0 aliphatic carbocycles. The second-order valence-electron chi connectivity index (χ2n) is 20.7. The maximum absolute atomic E-state index is 14.6. The quantitative estimate of drug-likeness (QED) is 0.137. The van der Waals surface area contributed by atoms with Crippen molar-refractivity contribution in [3.63, 3.8) is 0 Å². The molecule has 0 saturated heterocycles. The van der Waals surface area contributed by atoms with Crippen LogP contribution in [0.5, 0.6) is 11.5 Å². The Labute approximate surface area is 447 Å². The Morgan fingerprint density at radius 3 is 1.60 bits per heavy atom. The number of rotatable bonds is 10. The van der Waals surface area contributed by atoms with Crippen molar-refractivity contribution in [3.05, 3.63) is 266 Å². The number of para-hydroxylation sites is 4. The van der Waals surface area contributed by atoms with Gasteiger partial charge in [-0.2, -0.15) is 0 Å². The molecule has 12 aromatic rings. The number of aromatic nitrogens is 2. The van der Waals surface area contributed by atoms with Crippen LogP contribution in [0.4, 0.5) is 31.5 Å². The van der Waals surface area contributed by atoms with Gasteiger partial charge in [-0.25, -0.2) is 13.8 Å². The summed E-state index contributed by atoms with van der Waals surface area (Å²) in [7, 11) is 0. The lowest BCUT2D eigenvalue weighted by Gasteiger charge is -2.27. The van der Waals surface area contributed by atoms with E-state index >= 15 is 0 Å². The van der Waals surface area contributed by atoms with Gasteiger partial charge in [0.15, 0.2) is 0 Å². The first kappa shape index (κ1) is 47.1. The van der Waals surface area contributed by atoms with Crippen molar-refractivity contribution in [2.24, 2.45) is 0 Å². The molecule has 0 radical (unpaired) electrons. The Kier molecular flexibility index (Phi) is 11.8. The van der Waals surface area contributed by atoms with Gasteiger partial charge in [0.05, 0.1) is 28.1 Å². The van der Waals surface area contributed by atoms with Crippen LogP contribution >= 0.6 is 0 Å². The van der Waals surface area contributed by atoms with E-state index in [1.807, 2.05) is 36.5 Å². The third-order valence-corrected chi connectivity index (χ3v) is 14.8. The van der Waals surface area contributed by atoms with Crippen molar-refractivity contribution >= 4 is 44.6 Å². The van der Waals surface area contributed by atoms with Crippen LogP contribution in [0.1, 0.15) is 26.3 Å². The van der Waals surface area contributed by atoms with Crippen LogP contribution in [0.2, 0.25) is 0 Å². The standard InChI is InChI=1S/C70H52F2N4O/c1-70(2,3)51-38-39-73-67(42-51)76-63-25-11-10-20-61(63)62-37-36-55(44-66(62)76)77-56-41-50(68-57(46-16-6-4-7-17-46)21-14-22-58(68)47-18-8-5-9-19-47)40-54(43-56)74-45-75(65-27-13-12-26-64(65)74)69-59(48-28-32-52(71)33-29-48)23-15-24-60(69)49-30-34-53(72)35-31-49/h4-44H,45H2,1-3H3. The van der Waals surface area contributed by atoms with E-state index in [2.05, 4.69) is 223 Å². The highest BCUT2D eigenvalue weighted by Crippen LogP contribution is 2.52. The van der Waals surface area contributed by atoms with E-state index in [1.165, 1.54) is 29.8 Å². The topological polar surface area (TPSA) is 33.5 Å². The third-order valence-electron chi connectivity index (χ3n) is 14.8. The largest absolute Gasteiger partial charge is 0.457 e. The normalized spacial score (nSPS) is 12.4. The van der Waals surface area contributed by atoms with Gasteiger partial charge in [-0.15, -0.1) is 0 Å². The number of pyridine rings is 1. The summed E-state index contributed by atoms with van der Waals surface area (Å²) in [5.74, 6) is 1.56. The maximum atomic E-state index is 14.6. The van der Waals surface area contributed by atoms with Crippen LogP contribution < -0.4 is 14.5 Å². The molecule has 10 aromatic carbocycles. The van der Waals surface area contributed by atoms with Crippen molar-refractivity contribution in [1.82, 2.24) is 9.55 Å². The summed E-state index contributed by atoms with van der Waals surface area (Å²) in [6.07, 6.45) is 1.91. The molecule has 2 aromatic heterocycles. The molecule has 77 heavy (non-hydrogen) atoms. The van der Waals surface area contributed by atoms with E-state index in [-0.39, 0.29) is 17.0 Å². The molecule has 1 aliphatic heterocycles. The first-order valence-electron chi connectivity index (χ1n) is 26.0. The molecule has 7 heteroatoms. The second kappa shape index (κ2) is 19.3. The number of halogens is 2. The predicted molar refractivity (Wildman–Crippen MR) is 313 cm³/mol. The molecule has 1 aliphatic rings. The molecular weight excluding hydrogens is 951 g/mol. The highest BCUT2D eigenvalue weighted by atomic mass is 19.1. The molecule has 372 valence electrons. The fourth-order valence-electron chi connectivity index (χ4n) is 11.1. The molecule has 0 bridgehead atoms. The van der Waals surface area contributed by atoms with E-state index in [4.69, 9.17) is 9.72 Å². The molecule has 0 N–H and O–H groups in total. The summed E-state index contributed by atoms with van der Waals surface area (Å²) in [6.45, 7) is 7.09. The molecule has 0 spiro atoms. The number of nitrogens with zero attached hydrogens (tertiary/aromatic N) is 4. The molecule has 13 rings (SSSR count). The Morgan fingerprint density at radius 2 is 0.974 bits per heavy atom. The number of benzene rings is 10. The average molecular weight is 1000 g/mol. The van der Waals surface area contributed by atoms with Crippen LogP contribution in [-0.2, 0) is 5.41 Å². The lowest BCUT2D eigenvalue weighted by molar-refractivity contribution is 0.483. The molecule has 0 saturated carbocycles. The lowest BCUT2D eigenvalue weighted by Crippen LogP contribution is -2.25. The summed E-state index contributed by atoms with van der Waals surface area (Å²) in [5.41, 5.74) is 16.9. The van der Waals surface area contributed by atoms with Gasteiger partial charge in [0.1, 0.15) is 35.6 Å². The number of fused-ring (bicyclic) bond motifs is 4. The summed E-state index contributed by atoms with van der Waals surface area (Å²) in [4.78, 5) is 9.62. The number of anilines is 4. The Morgan fingerprint density at radius 1 is 0.429 bits per heavy atom. The smallest absolute Gasteiger partial charge is 0.137 e. The Bertz CT molecular complexity index is 4040. The summed E-state index contributed by atoms with van der Waals surface area (Å²) < 4.78 is 38.6. The van der Waals surface area contributed by atoms with Crippen molar-refractivity contribution < 1.29 is 13.5 Å². The molecule has 5 nitrogen and oxygen atoms in total. The van der Waals surface area contributed by atoms with Crippen LogP contribution in [0.25, 0.3) is 83.3 Å². The number of hydrogen-bond donors (Lipinski definition) is 0. The molecule has 0 unspecified atom stereocenters. The van der Waals surface area contributed by atoms with Crippen LogP contribution in [0.15, 0.2) is 249 Å². The van der Waals surface area contributed by atoms with Gasteiger partial charge in [-0.05, 0) is 134 Å². The zero-order chi connectivity index (χ0) is 52.2. The summed E-state index contributed by atoms with van der Waals surface area (Å²) >= 11 is 0. The van der Waals surface area contributed by atoms with Gasteiger partial charge < -0.3 is 14.5 Å². The minimum Gasteiger partial charge on any atom is -0.457 e. The zero-order valence-electron chi connectivity index (χ0n) is 42.8. The van der Waals surface area contributed by atoms with Gasteiger partial charge in [-0.3, -0.25) is 4.57 Å². The lowest BCUT2D eigenvalue weighted by atomic mass is 9.87. The third kappa shape index (κ3) is 8.75. The van der Waals surface area contributed by atoms with Crippen LogP contribution in [0.3, 0.4) is 0 Å². The van der Waals surface area contributed by atoms with Crippen LogP contribution in [-0.4, -0.2) is 16.2 Å². The van der Waals surface area contributed by atoms with Crippen molar-refractivity contribution in [1.29, 1.82) is 0 Å². The second-order valence-corrected chi connectivity index (χ2v) is 20.7. The predicted octanol–water partition coefficient (Wildman–Crippen LogP) is 19.1. The summed E-state index contributed by atoms with van der Waals surface area (Å²) in [6, 6.07) is 81.3. The highest BCUT2D eigenvalue weighted by molar-refractivity contribution is 6.09. The Balaban J connectivity index is 1.02. The van der Waals surface area contributed by atoms with E-state index in [1.54, 1.807) is 0 Å². The minimum absolute atomic E-state index is 0.0727. The van der Waals surface area contributed by atoms with Gasteiger partial charge in [0.25, 0.3) is 0 Å².